The smallest absolute Gasteiger partial charge is 0.183 e. The predicted molar refractivity (Wildman–Crippen MR) is 78.9 cm³/mol. The van der Waals surface area contributed by atoms with Gasteiger partial charge in [0.05, 0.1) is 0 Å². The van der Waals surface area contributed by atoms with Crippen LogP contribution in [0, 0.1) is 11.3 Å². The van der Waals surface area contributed by atoms with Gasteiger partial charge < -0.3 is 10.6 Å². The Balaban J connectivity index is 2.32. The molecule has 0 unspecified atom stereocenters. The minimum atomic E-state index is 0.343. The highest BCUT2D eigenvalue weighted by Crippen LogP contribution is 2.20. The normalized spacial score (nSPS) is 10.0. The van der Waals surface area contributed by atoms with Gasteiger partial charge in [0.2, 0.25) is 0 Å². The summed E-state index contributed by atoms with van der Waals surface area (Å²) in [4.78, 5) is 10.4. The number of nitrogens with zero attached hydrogens (tertiary/aromatic N) is 4. The molecule has 0 aliphatic heterocycles. The van der Waals surface area contributed by atoms with Crippen LogP contribution in [0.3, 0.4) is 0 Å². The summed E-state index contributed by atoms with van der Waals surface area (Å²) >= 11 is 0. The number of para-hydroxylation sites is 1. The van der Waals surface area contributed by atoms with E-state index >= 15 is 0 Å². The zero-order valence-electron chi connectivity index (χ0n) is 11.5. The van der Waals surface area contributed by atoms with Gasteiger partial charge in [0.25, 0.3) is 0 Å². The number of rotatable bonds is 5. The van der Waals surface area contributed by atoms with E-state index in [0.29, 0.717) is 18.1 Å². The molecule has 1 heterocycles. The van der Waals surface area contributed by atoms with Gasteiger partial charge in [-0.15, -0.1) is 0 Å². The fraction of sp³-hybridized carbons (Fsp3) is 0.267. The average Bonchev–Trinajstić information content (AvgIpc) is 2.49. The lowest BCUT2D eigenvalue weighted by Gasteiger charge is -2.24. The lowest BCUT2D eigenvalue weighted by molar-refractivity contribution is 0.751. The fourth-order valence-electron chi connectivity index (χ4n) is 2.05. The molecule has 1 aromatic heterocycles. The van der Waals surface area contributed by atoms with Crippen LogP contribution in [-0.4, -0.2) is 16.5 Å². The summed E-state index contributed by atoms with van der Waals surface area (Å²) in [5.74, 6) is 0.611. The molecule has 5 heteroatoms. The monoisotopic (exact) mass is 267 g/mol. The number of aromatic nitrogens is 2. The van der Waals surface area contributed by atoms with Gasteiger partial charge in [-0.25, -0.2) is 9.97 Å². The predicted octanol–water partition coefficient (Wildman–Crippen LogP) is 2.35. The first-order valence-corrected chi connectivity index (χ1v) is 6.55. The standard InChI is InChI=1S/C15H17N5/c1-2-9-20(11-12-5-3-4-6-13(12)17)15-14(10-16)18-7-8-19-15/h3-8H,2,9,11,17H2,1H3. The Bertz CT molecular complexity index is 618. The molecular weight excluding hydrogens is 250 g/mol. The maximum atomic E-state index is 9.15. The second kappa shape index (κ2) is 6.53. The van der Waals surface area contributed by atoms with E-state index in [9.17, 15) is 0 Å². The van der Waals surface area contributed by atoms with Crippen LogP contribution in [0.25, 0.3) is 0 Å². The molecule has 0 radical (unpaired) electrons. The highest BCUT2D eigenvalue weighted by Gasteiger charge is 2.14. The van der Waals surface area contributed by atoms with Gasteiger partial charge >= 0.3 is 0 Å². The van der Waals surface area contributed by atoms with Crippen LogP contribution in [0.5, 0.6) is 0 Å². The van der Waals surface area contributed by atoms with E-state index in [1.165, 1.54) is 6.20 Å². The molecular formula is C15H17N5. The van der Waals surface area contributed by atoms with Crippen molar-refractivity contribution in [2.24, 2.45) is 0 Å². The quantitative estimate of drug-likeness (QED) is 0.841. The second-order valence-electron chi connectivity index (χ2n) is 4.46. The lowest BCUT2D eigenvalue weighted by Crippen LogP contribution is -2.26. The highest BCUT2D eigenvalue weighted by molar-refractivity contribution is 5.53. The van der Waals surface area contributed by atoms with Crippen molar-refractivity contribution in [1.82, 2.24) is 9.97 Å². The zero-order valence-corrected chi connectivity index (χ0v) is 11.5. The van der Waals surface area contributed by atoms with Crippen LogP contribution >= 0.6 is 0 Å². The summed E-state index contributed by atoms with van der Waals surface area (Å²) < 4.78 is 0. The van der Waals surface area contributed by atoms with E-state index in [-0.39, 0.29) is 0 Å². The van der Waals surface area contributed by atoms with Crippen molar-refractivity contribution >= 4 is 11.5 Å². The Labute approximate surface area is 118 Å². The average molecular weight is 267 g/mol. The van der Waals surface area contributed by atoms with Crippen molar-refractivity contribution in [2.75, 3.05) is 17.2 Å². The van der Waals surface area contributed by atoms with E-state index in [0.717, 1.165) is 24.2 Å². The molecule has 0 aliphatic rings. The molecule has 0 saturated heterocycles. The van der Waals surface area contributed by atoms with Crippen LogP contribution in [0.15, 0.2) is 36.7 Å². The van der Waals surface area contributed by atoms with Gasteiger partial charge in [0.15, 0.2) is 11.5 Å². The van der Waals surface area contributed by atoms with Crippen molar-refractivity contribution in [1.29, 1.82) is 5.26 Å². The minimum absolute atomic E-state index is 0.343. The topological polar surface area (TPSA) is 78.8 Å². The van der Waals surface area contributed by atoms with E-state index in [1.54, 1.807) is 6.20 Å². The summed E-state index contributed by atoms with van der Waals surface area (Å²) in [6.45, 7) is 3.50. The molecule has 0 aliphatic carbocycles. The Kier molecular flexibility index (Phi) is 4.51. The number of nitrogens with two attached hydrogens (primary N) is 1. The van der Waals surface area contributed by atoms with Gasteiger partial charge in [-0.3, -0.25) is 0 Å². The van der Waals surface area contributed by atoms with E-state index in [2.05, 4.69) is 23.0 Å². The number of nitrogen functional groups attached to an aromatic ring is 1. The molecule has 2 rings (SSSR count). The molecule has 2 N–H and O–H groups in total. The summed E-state index contributed by atoms with van der Waals surface area (Å²) in [6.07, 6.45) is 4.09. The Hall–Kier alpha value is -2.61. The van der Waals surface area contributed by atoms with Gasteiger partial charge in [0.1, 0.15) is 6.07 Å². The summed E-state index contributed by atoms with van der Waals surface area (Å²) in [5.41, 5.74) is 8.10. The van der Waals surface area contributed by atoms with E-state index in [4.69, 9.17) is 11.0 Å². The van der Waals surface area contributed by atoms with Crippen LogP contribution in [0.1, 0.15) is 24.6 Å². The highest BCUT2D eigenvalue weighted by atomic mass is 15.2. The molecule has 5 nitrogen and oxygen atoms in total. The third kappa shape index (κ3) is 3.04. The first kappa shape index (κ1) is 13.8. The molecule has 1 aromatic carbocycles. The summed E-state index contributed by atoms with van der Waals surface area (Å²) in [7, 11) is 0. The van der Waals surface area contributed by atoms with E-state index < -0.39 is 0 Å². The van der Waals surface area contributed by atoms with Gasteiger partial charge in [-0.2, -0.15) is 5.26 Å². The maximum absolute atomic E-state index is 9.15. The molecule has 102 valence electrons. The summed E-state index contributed by atoms with van der Waals surface area (Å²) in [5, 5.41) is 9.15. The minimum Gasteiger partial charge on any atom is -0.398 e. The maximum Gasteiger partial charge on any atom is 0.183 e. The Morgan fingerprint density at radius 3 is 2.70 bits per heavy atom. The number of hydrogen-bond donors (Lipinski definition) is 1. The van der Waals surface area contributed by atoms with Crippen LogP contribution in [-0.2, 0) is 6.54 Å². The lowest BCUT2D eigenvalue weighted by atomic mass is 10.1. The van der Waals surface area contributed by atoms with E-state index in [1.807, 2.05) is 29.2 Å². The van der Waals surface area contributed by atoms with Gasteiger partial charge in [0, 0.05) is 31.2 Å². The summed E-state index contributed by atoms with van der Waals surface area (Å²) in [6, 6.07) is 9.82. The van der Waals surface area contributed by atoms with Gasteiger partial charge in [-0.05, 0) is 18.1 Å². The van der Waals surface area contributed by atoms with Crippen LogP contribution in [0.4, 0.5) is 11.5 Å². The molecule has 0 saturated carbocycles. The first-order valence-electron chi connectivity index (χ1n) is 6.55. The molecule has 0 bridgehead atoms. The van der Waals surface area contributed by atoms with Crippen LogP contribution < -0.4 is 10.6 Å². The van der Waals surface area contributed by atoms with Crippen molar-refractivity contribution in [3.05, 3.63) is 47.9 Å². The Morgan fingerprint density at radius 1 is 1.25 bits per heavy atom. The molecule has 0 fully saturated rings. The Morgan fingerprint density at radius 2 is 2.00 bits per heavy atom. The van der Waals surface area contributed by atoms with Crippen molar-refractivity contribution in [2.45, 2.75) is 19.9 Å². The molecule has 0 atom stereocenters. The SMILES string of the molecule is CCCN(Cc1ccccc1N)c1nccnc1C#N. The van der Waals surface area contributed by atoms with Crippen molar-refractivity contribution in [3.8, 4) is 6.07 Å². The first-order chi connectivity index (χ1) is 9.76. The van der Waals surface area contributed by atoms with Crippen molar-refractivity contribution < 1.29 is 0 Å². The molecule has 0 spiro atoms. The molecule has 2 aromatic rings. The molecule has 0 amide bonds. The molecule has 20 heavy (non-hydrogen) atoms. The van der Waals surface area contributed by atoms with Gasteiger partial charge in [-0.1, -0.05) is 25.1 Å². The van der Waals surface area contributed by atoms with Crippen LogP contribution in [0.2, 0.25) is 0 Å². The number of anilines is 2. The fourth-order valence-corrected chi connectivity index (χ4v) is 2.05. The second-order valence-corrected chi connectivity index (χ2v) is 4.46. The van der Waals surface area contributed by atoms with Crippen molar-refractivity contribution in [3.63, 3.8) is 0 Å². The zero-order chi connectivity index (χ0) is 14.4. The number of benzene rings is 1. The number of hydrogen-bond acceptors (Lipinski definition) is 5. The number of nitriles is 1. The third-order valence-electron chi connectivity index (χ3n) is 2.99. The largest absolute Gasteiger partial charge is 0.398 e. The third-order valence-corrected chi connectivity index (χ3v) is 2.99.